The summed E-state index contributed by atoms with van der Waals surface area (Å²) in [5.41, 5.74) is 1.41. The Morgan fingerprint density at radius 3 is 2.41 bits per heavy atom. The molecule has 1 amide bonds. The van der Waals surface area contributed by atoms with Gasteiger partial charge in [0.1, 0.15) is 23.4 Å². The van der Waals surface area contributed by atoms with Gasteiger partial charge in [0.15, 0.2) is 0 Å². The van der Waals surface area contributed by atoms with E-state index in [1.807, 2.05) is 48.1 Å². The van der Waals surface area contributed by atoms with Crippen LogP contribution in [0.1, 0.15) is 27.8 Å². The smallest absolute Gasteiger partial charge is 0.252 e. The number of aryl methyl sites for hydroxylation is 1. The molecule has 7 heteroatoms. The fourth-order valence-electron chi connectivity index (χ4n) is 2.79. The number of carbonyl (C=O) groups excluding carboxylic acids is 1. The first kappa shape index (κ1) is 19.2. The van der Waals surface area contributed by atoms with Crippen molar-refractivity contribution in [1.29, 1.82) is 0 Å². The summed E-state index contributed by atoms with van der Waals surface area (Å²) in [7, 11) is 5.09. The van der Waals surface area contributed by atoms with Gasteiger partial charge >= 0.3 is 0 Å². The molecule has 3 rings (SSSR count). The average Bonchev–Trinajstić information content (AvgIpc) is 3.11. The minimum absolute atomic E-state index is 0.177. The van der Waals surface area contributed by atoms with Crippen LogP contribution in [0.2, 0.25) is 0 Å². The lowest BCUT2D eigenvalue weighted by Crippen LogP contribution is -2.31. The maximum absolute atomic E-state index is 12.9. The standard InChI is InChI=1S/C20H20IN3O3/c1-24-8-7-22-19(24)18(14-10-16(26-2)12-17(11-14)27-3)23-20(25)13-5-4-6-15(21)9-13/h4-12,18H,1-3H3,(H,23,25)/t18-/m1/s1. The van der Waals surface area contributed by atoms with E-state index in [1.165, 1.54) is 0 Å². The molecule has 0 unspecified atom stereocenters. The molecule has 1 aromatic heterocycles. The SMILES string of the molecule is COc1cc(OC)cc([C@@H](NC(=O)c2cccc(I)c2)c2nccn2C)c1. The summed E-state index contributed by atoms with van der Waals surface area (Å²) in [4.78, 5) is 17.3. The maximum atomic E-state index is 12.9. The molecule has 6 nitrogen and oxygen atoms in total. The van der Waals surface area contributed by atoms with Crippen LogP contribution in [0.4, 0.5) is 0 Å². The van der Waals surface area contributed by atoms with Gasteiger partial charge in [0.2, 0.25) is 0 Å². The summed E-state index contributed by atoms with van der Waals surface area (Å²) < 4.78 is 13.6. The van der Waals surface area contributed by atoms with E-state index in [4.69, 9.17) is 9.47 Å². The van der Waals surface area contributed by atoms with Gasteiger partial charge in [0.05, 0.1) is 14.2 Å². The van der Waals surface area contributed by atoms with Gasteiger partial charge in [-0.1, -0.05) is 6.07 Å². The van der Waals surface area contributed by atoms with Gasteiger partial charge in [0.25, 0.3) is 5.91 Å². The predicted octanol–water partition coefficient (Wildman–Crippen LogP) is 3.56. The van der Waals surface area contributed by atoms with Crippen LogP contribution in [0, 0.1) is 3.57 Å². The lowest BCUT2D eigenvalue weighted by Gasteiger charge is -2.20. The Morgan fingerprint density at radius 1 is 1.15 bits per heavy atom. The molecule has 1 N–H and O–H groups in total. The second-order valence-corrected chi connectivity index (χ2v) is 7.20. The molecule has 0 bridgehead atoms. The Morgan fingerprint density at radius 2 is 1.85 bits per heavy atom. The van der Waals surface area contributed by atoms with Gasteiger partial charge in [-0.3, -0.25) is 4.79 Å². The van der Waals surface area contributed by atoms with E-state index in [9.17, 15) is 4.79 Å². The molecular formula is C20H20IN3O3. The number of nitrogens with zero attached hydrogens (tertiary/aromatic N) is 2. The van der Waals surface area contributed by atoms with Crippen LogP contribution in [0.25, 0.3) is 0 Å². The third kappa shape index (κ3) is 4.41. The van der Waals surface area contributed by atoms with Crippen molar-refractivity contribution in [2.45, 2.75) is 6.04 Å². The van der Waals surface area contributed by atoms with Crippen LogP contribution < -0.4 is 14.8 Å². The van der Waals surface area contributed by atoms with Crippen LogP contribution in [0.5, 0.6) is 11.5 Å². The number of imidazole rings is 1. The summed E-state index contributed by atoms with van der Waals surface area (Å²) in [6.45, 7) is 0. The van der Waals surface area contributed by atoms with Crippen molar-refractivity contribution in [2.24, 2.45) is 7.05 Å². The number of hydrogen-bond donors (Lipinski definition) is 1. The van der Waals surface area contributed by atoms with Crippen LogP contribution >= 0.6 is 22.6 Å². The monoisotopic (exact) mass is 477 g/mol. The predicted molar refractivity (Wildman–Crippen MR) is 111 cm³/mol. The van der Waals surface area contributed by atoms with Gasteiger partial charge in [-0.2, -0.15) is 0 Å². The third-order valence-electron chi connectivity index (χ3n) is 4.19. The fourth-order valence-corrected chi connectivity index (χ4v) is 3.34. The number of aromatic nitrogens is 2. The molecular weight excluding hydrogens is 457 g/mol. The molecule has 0 fully saturated rings. The molecule has 0 radical (unpaired) electrons. The second kappa shape index (κ2) is 8.43. The van der Waals surface area contributed by atoms with Gasteiger partial charge in [-0.05, 0) is 58.5 Å². The average molecular weight is 477 g/mol. The first-order valence-electron chi connectivity index (χ1n) is 8.28. The van der Waals surface area contributed by atoms with Crippen LogP contribution in [0.15, 0.2) is 54.9 Å². The summed E-state index contributed by atoms with van der Waals surface area (Å²) in [5, 5.41) is 3.09. The van der Waals surface area contributed by atoms with Crippen LogP contribution in [-0.4, -0.2) is 29.7 Å². The summed E-state index contributed by atoms with van der Waals surface area (Å²) >= 11 is 2.19. The van der Waals surface area contributed by atoms with Crippen molar-refractivity contribution in [1.82, 2.24) is 14.9 Å². The van der Waals surface area contributed by atoms with Crippen molar-refractivity contribution in [3.63, 3.8) is 0 Å². The Bertz CT molecular complexity index is 933. The number of hydrogen-bond acceptors (Lipinski definition) is 4. The first-order chi connectivity index (χ1) is 13.0. The van der Waals surface area contributed by atoms with E-state index < -0.39 is 6.04 Å². The van der Waals surface area contributed by atoms with Crippen molar-refractivity contribution in [3.8, 4) is 11.5 Å². The van der Waals surface area contributed by atoms with Crippen molar-refractivity contribution >= 4 is 28.5 Å². The molecule has 1 atom stereocenters. The Labute approximate surface area is 171 Å². The zero-order chi connectivity index (χ0) is 19.4. The normalized spacial score (nSPS) is 11.7. The molecule has 27 heavy (non-hydrogen) atoms. The van der Waals surface area contributed by atoms with Gasteiger partial charge in [-0.25, -0.2) is 4.98 Å². The molecule has 140 valence electrons. The first-order valence-corrected chi connectivity index (χ1v) is 9.36. The number of methoxy groups -OCH3 is 2. The fraction of sp³-hybridized carbons (Fsp3) is 0.200. The lowest BCUT2D eigenvalue weighted by molar-refractivity contribution is 0.0941. The molecule has 2 aromatic carbocycles. The van der Waals surface area contributed by atoms with Crippen molar-refractivity contribution < 1.29 is 14.3 Å². The van der Waals surface area contributed by atoms with Gasteiger partial charge in [-0.15, -0.1) is 0 Å². The highest BCUT2D eigenvalue weighted by atomic mass is 127. The number of ether oxygens (including phenoxy) is 2. The minimum Gasteiger partial charge on any atom is -0.497 e. The minimum atomic E-state index is -0.459. The van der Waals surface area contributed by atoms with Crippen LogP contribution in [-0.2, 0) is 7.05 Å². The number of rotatable bonds is 6. The molecule has 0 aliphatic rings. The quantitative estimate of drug-likeness (QED) is 0.552. The molecule has 0 aliphatic carbocycles. The topological polar surface area (TPSA) is 65.4 Å². The van der Waals surface area contributed by atoms with Gasteiger partial charge in [0, 0.05) is 34.6 Å². The zero-order valence-electron chi connectivity index (χ0n) is 15.3. The Balaban J connectivity index is 2.02. The number of carbonyl (C=O) groups is 1. The number of nitrogens with one attached hydrogen (secondary N) is 1. The van der Waals surface area contributed by atoms with E-state index in [1.54, 1.807) is 32.5 Å². The van der Waals surface area contributed by atoms with E-state index in [-0.39, 0.29) is 5.91 Å². The highest BCUT2D eigenvalue weighted by Gasteiger charge is 2.23. The number of benzene rings is 2. The van der Waals surface area contributed by atoms with Gasteiger partial charge < -0.3 is 19.4 Å². The van der Waals surface area contributed by atoms with E-state index >= 15 is 0 Å². The Hall–Kier alpha value is -2.55. The third-order valence-corrected chi connectivity index (χ3v) is 4.86. The van der Waals surface area contributed by atoms with Crippen molar-refractivity contribution in [3.05, 3.63) is 75.4 Å². The second-order valence-electron chi connectivity index (χ2n) is 5.96. The molecule has 1 heterocycles. The molecule has 0 saturated carbocycles. The molecule has 3 aromatic rings. The van der Waals surface area contributed by atoms with E-state index in [2.05, 4.69) is 32.9 Å². The lowest BCUT2D eigenvalue weighted by atomic mass is 10.0. The molecule has 0 spiro atoms. The van der Waals surface area contributed by atoms with Crippen LogP contribution in [0.3, 0.4) is 0 Å². The summed E-state index contributed by atoms with van der Waals surface area (Å²) in [5.74, 6) is 1.83. The molecule has 0 aliphatic heterocycles. The van der Waals surface area contributed by atoms with Crippen molar-refractivity contribution in [2.75, 3.05) is 14.2 Å². The van der Waals surface area contributed by atoms with E-state index in [0.717, 1.165) is 9.13 Å². The summed E-state index contributed by atoms with van der Waals surface area (Å²) in [6, 6.07) is 12.5. The summed E-state index contributed by atoms with van der Waals surface area (Å²) in [6.07, 6.45) is 3.55. The maximum Gasteiger partial charge on any atom is 0.252 e. The van der Waals surface area contributed by atoms with E-state index in [0.29, 0.717) is 22.9 Å². The highest BCUT2D eigenvalue weighted by Crippen LogP contribution is 2.29. The Kier molecular flexibility index (Phi) is 6.00. The zero-order valence-corrected chi connectivity index (χ0v) is 17.4. The number of halogens is 1. The molecule has 0 saturated heterocycles. The largest absolute Gasteiger partial charge is 0.497 e. The highest BCUT2D eigenvalue weighted by molar-refractivity contribution is 14.1. The number of amides is 1.